The number of carbonyl (C=O) groups excluding carboxylic acids is 1. The molecule has 0 aliphatic carbocycles. The fourth-order valence-corrected chi connectivity index (χ4v) is 2.12. The number of aromatic nitrogens is 1. The smallest absolute Gasteiger partial charge is 0.188 e. The molecule has 0 aromatic carbocycles. The Labute approximate surface area is 96.9 Å². The molecule has 2 heterocycles. The first-order chi connectivity index (χ1) is 7.70. The number of rotatable bonds is 3. The van der Waals surface area contributed by atoms with Crippen LogP contribution in [0.5, 0.6) is 0 Å². The van der Waals surface area contributed by atoms with E-state index >= 15 is 0 Å². The van der Waals surface area contributed by atoms with E-state index in [1.54, 1.807) is 18.3 Å². The van der Waals surface area contributed by atoms with Crippen LogP contribution >= 0.6 is 11.3 Å². The number of carbonyl (C=O) groups is 1. The molecule has 0 bridgehead atoms. The van der Waals surface area contributed by atoms with Crippen molar-refractivity contribution in [1.82, 2.24) is 4.98 Å². The quantitative estimate of drug-likeness (QED) is 0.789. The summed E-state index contributed by atoms with van der Waals surface area (Å²) in [6.07, 6.45) is 1.54. The van der Waals surface area contributed by atoms with Gasteiger partial charge in [-0.15, -0.1) is 11.3 Å². The molecule has 0 aliphatic heterocycles. The van der Waals surface area contributed by atoms with Crippen LogP contribution in [0.2, 0.25) is 0 Å². The maximum atomic E-state index is 12.0. The highest BCUT2D eigenvalue weighted by Crippen LogP contribution is 2.22. The molecule has 82 valence electrons. The van der Waals surface area contributed by atoms with E-state index in [2.05, 4.69) is 4.98 Å². The number of Topliss-reactive ketones (excluding diaryl/α,β-unsaturated/α-hetero) is 1. The van der Waals surface area contributed by atoms with Gasteiger partial charge in [0.2, 0.25) is 0 Å². The molecule has 1 unspecified atom stereocenters. The summed E-state index contributed by atoms with van der Waals surface area (Å²) in [4.78, 5) is 16.7. The first-order valence-corrected chi connectivity index (χ1v) is 5.62. The second kappa shape index (κ2) is 4.42. The highest BCUT2D eigenvalue weighted by atomic mass is 32.1. The van der Waals surface area contributed by atoms with E-state index in [0.29, 0.717) is 5.56 Å². The van der Waals surface area contributed by atoms with Gasteiger partial charge in [-0.3, -0.25) is 4.79 Å². The van der Waals surface area contributed by atoms with Crippen molar-refractivity contribution in [2.24, 2.45) is 5.73 Å². The maximum absolute atomic E-state index is 12.0. The molecular formula is C11H11N3OS. The Hall–Kier alpha value is -1.72. The Balaban J connectivity index is 2.30. The van der Waals surface area contributed by atoms with Crippen molar-refractivity contribution in [3.63, 3.8) is 0 Å². The number of hydrogen-bond donors (Lipinski definition) is 2. The molecule has 16 heavy (non-hydrogen) atoms. The van der Waals surface area contributed by atoms with E-state index in [4.69, 9.17) is 11.5 Å². The van der Waals surface area contributed by atoms with Crippen molar-refractivity contribution < 1.29 is 4.79 Å². The minimum Gasteiger partial charge on any atom is -0.383 e. The Morgan fingerprint density at radius 2 is 2.19 bits per heavy atom. The second-order valence-electron chi connectivity index (χ2n) is 3.29. The van der Waals surface area contributed by atoms with E-state index in [1.165, 1.54) is 11.3 Å². The van der Waals surface area contributed by atoms with Crippen molar-refractivity contribution >= 4 is 22.9 Å². The van der Waals surface area contributed by atoms with E-state index in [9.17, 15) is 4.79 Å². The number of nitrogens with two attached hydrogens (primary N) is 2. The first-order valence-electron chi connectivity index (χ1n) is 4.74. The predicted molar refractivity (Wildman–Crippen MR) is 64.2 cm³/mol. The fraction of sp³-hybridized carbons (Fsp3) is 0.0909. The second-order valence-corrected chi connectivity index (χ2v) is 4.27. The lowest BCUT2D eigenvalue weighted by Crippen LogP contribution is -2.21. The highest BCUT2D eigenvalue weighted by molar-refractivity contribution is 7.10. The van der Waals surface area contributed by atoms with Gasteiger partial charge in [0.25, 0.3) is 0 Å². The molecule has 0 saturated heterocycles. The van der Waals surface area contributed by atoms with Crippen molar-refractivity contribution in [1.29, 1.82) is 0 Å². The van der Waals surface area contributed by atoms with Crippen LogP contribution in [-0.2, 0) is 0 Å². The molecule has 1 atom stereocenters. The van der Waals surface area contributed by atoms with E-state index in [1.807, 2.05) is 17.5 Å². The van der Waals surface area contributed by atoms with E-state index in [-0.39, 0.29) is 11.6 Å². The summed E-state index contributed by atoms with van der Waals surface area (Å²) in [5.41, 5.74) is 11.9. The van der Waals surface area contributed by atoms with Gasteiger partial charge in [0, 0.05) is 11.1 Å². The van der Waals surface area contributed by atoms with Crippen molar-refractivity contribution in [3.8, 4) is 0 Å². The Morgan fingerprint density at radius 3 is 2.81 bits per heavy atom. The maximum Gasteiger partial charge on any atom is 0.188 e. The highest BCUT2D eigenvalue weighted by Gasteiger charge is 2.20. The lowest BCUT2D eigenvalue weighted by molar-refractivity contribution is 0.0963. The fourth-order valence-electron chi connectivity index (χ4n) is 1.39. The van der Waals surface area contributed by atoms with Gasteiger partial charge in [-0.05, 0) is 23.6 Å². The number of anilines is 1. The van der Waals surface area contributed by atoms with Crippen LogP contribution in [0.3, 0.4) is 0 Å². The van der Waals surface area contributed by atoms with Gasteiger partial charge in [0.1, 0.15) is 11.9 Å². The van der Waals surface area contributed by atoms with Crippen LogP contribution in [0.4, 0.5) is 5.82 Å². The van der Waals surface area contributed by atoms with Gasteiger partial charge >= 0.3 is 0 Å². The summed E-state index contributed by atoms with van der Waals surface area (Å²) in [6, 6.07) is 6.34. The molecule has 0 aliphatic rings. The number of nitrogens with zero attached hydrogens (tertiary/aromatic N) is 1. The normalized spacial score (nSPS) is 12.3. The van der Waals surface area contributed by atoms with Gasteiger partial charge in [-0.1, -0.05) is 6.07 Å². The van der Waals surface area contributed by atoms with Gasteiger partial charge < -0.3 is 11.5 Å². The Kier molecular flexibility index (Phi) is 2.98. The Bertz CT molecular complexity index is 496. The summed E-state index contributed by atoms with van der Waals surface area (Å²) in [5, 5.41) is 1.88. The molecule has 2 rings (SSSR count). The number of ketones is 1. The molecular weight excluding hydrogens is 222 g/mol. The average molecular weight is 233 g/mol. The lowest BCUT2D eigenvalue weighted by Gasteiger charge is -2.09. The minimum absolute atomic E-state index is 0.201. The van der Waals surface area contributed by atoms with Gasteiger partial charge in [-0.25, -0.2) is 4.98 Å². The van der Waals surface area contributed by atoms with Gasteiger partial charge in [0.15, 0.2) is 5.78 Å². The summed E-state index contributed by atoms with van der Waals surface area (Å²) in [5.74, 6) is 0.0209. The van der Waals surface area contributed by atoms with Crippen LogP contribution in [0, 0.1) is 0 Å². The largest absolute Gasteiger partial charge is 0.383 e. The van der Waals surface area contributed by atoms with Crippen molar-refractivity contribution in [2.45, 2.75) is 6.04 Å². The van der Waals surface area contributed by atoms with Gasteiger partial charge in [0.05, 0.1) is 5.56 Å². The number of thiophene rings is 1. The lowest BCUT2D eigenvalue weighted by atomic mass is 10.0. The summed E-state index contributed by atoms with van der Waals surface area (Å²) in [6.45, 7) is 0. The Morgan fingerprint density at radius 1 is 1.38 bits per heavy atom. The number of pyridine rings is 1. The van der Waals surface area contributed by atoms with E-state index < -0.39 is 6.04 Å². The monoisotopic (exact) mass is 233 g/mol. The van der Waals surface area contributed by atoms with Crippen molar-refractivity contribution in [2.75, 3.05) is 5.73 Å². The third-order valence-corrected chi connectivity index (χ3v) is 3.19. The molecule has 0 saturated carbocycles. The molecule has 0 amide bonds. The third-order valence-electron chi connectivity index (χ3n) is 2.24. The van der Waals surface area contributed by atoms with Gasteiger partial charge in [-0.2, -0.15) is 0 Å². The minimum atomic E-state index is -0.661. The molecule has 4 N–H and O–H groups in total. The molecule has 0 radical (unpaired) electrons. The SMILES string of the molecule is Nc1ncccc1C(=O)C(N)c1cccs1. The zero-order valence-electron chi connectivity index (χ0n) is 8.46. The van der Waals surface area contributed by atoms with Crippen LogP contribution in [0.1, 0.15) is 21.3 Å². The molecule has 0 spiro atoms. The predicted octanol–water partition coefficient (Wildman–Crippen LogP) is 1.61. The van der Waals surface area contributed by atoms with E-state index in [0.717, 1.165) is 4.88 Å². The molecule has 2 aromatic rings. The standard InChI is InChI=1S/C11H11N3OS/c12-9(8-4-2-6-16-8)10(15)7-3-1-5-14-11(7)13/h1-6,9H,12H2,(H2,13,14). The zero-order valence-corrected chi connectivity index (χ0v) is 9.28. The number of hydrogen-bond acceptors (Lipinski definition) is 5. The summed E-state index contributed by atoms with van der Waals surface area (Å²) in [7, 11) is 0. The molecule has 2 aromatic heterocycles. The number of nitrogen functional groups attached to an aromatic ring is 1. The van der Waals surface area contributed by atoms with Crippen LogP contribution in [0.25, 0.3) is 0 Å². The summed E-state index contributed by atoms with van der Waals surface area (Å²) >= 11 is 1.45. The zero-order chi connectivity index (χ0) is 11.5. The first kappa shape index (κ1) is 10.8. The van der Waals surface area contributed by atoms with Crippen LogP contribution in [0.15, 0.2) is 35.8 Å². The van der Waals surface area contributed by atoms with Crippen LogP contribution < -0.4 is 11.5 Å². The average Bonchev–Trinajstić information content (AvgIpc) is 2.81. The molecule has 0 fully saturated rings. The molecule has 5 heteroatoms. The summed E-state index contributed by atoms with van der Waals surface area (Å²) < 4.78 is 0. The van der Waals surface area contributed by atoms with Crippen molar-refractivity contribution in [3.05, 3.63) is 46.3 Å². The topological polar surface area (TPSA) is 82.0 Å². The van der Waals surface area contributed by atoms with Crippen LogP contribution in [-0.4, -0.2) is 10.8 Å². The third kappa shape index (κ3) is 1.95. The molecule has 4 nitrogen and oxygen atoms in total.